The number of methoxy groups -OCH3 is 1. The number of carbonyl (C=O) groups excluding carboxylic acids is 2. The molecule has 9 heteroatoms. The maximum absolute atomic E-state index is 13.2. The van der Waals surface area contributed by atoms with Gasteiger partial charge in [-0.25, -0.2) is 4.79 Å². The third kappa shape index (κ3) is 5.22. The van der Waals surface area contributed by atoms with Crippen LogP contribution in [-0.4, -0.2) is 45.1 Å². The van der Waals surface area contributed by atoms with Gasteiger partial charge in [-0.1, -0.05) is 54.6 Å². The summed E-state index contributed by atoms with van der Waals surface area (Å²) in [4.78, 5) is 32.5. The van der Waals surface area contributed by atoms with Gasteiger partial charge in [-0.15, -0.1) is 0 Å². The summed E-state index contributed by atoms with van der Waals surface area (Å²) in [6, 6.07) is 30.3. The highest BCUT2D eigenvalue weighted by molar-refractivity contribution is 7.80. The van der Waals surface area contributed by atoms with Crippen LogP contribution in [0.3, 0.4) is 0 Å². The lowest BCUT2D eigenvalue weighted by Crippen LogP contribution is -2.33. The van der Waals surface area contributed by atoms with Gasteiger partial charge in [-0.05, 0) is 60.1 Å². The second-order valence-electron chi connectivity index (χ2n) is 9.96. The first kappa shape index (κ1) is 27.2. The maximum atomic E-state index is 13.2. The van der Waals surface area contributed by atoms with Gasteiger partial charge < -0.3 is 24.8 Å². The van der Waals surface area contributed by atoms with E-state index in [9.17, 15) is 9.59 Å². The van der Waals surface area contributed by atoms with Crippen molar-refractivity contribution in [1.29, 1.82) is 0 Å². The minimum atomic E-state index is -0.423. The minimum absolute atomic E-state index is 0.111. The van der Waals surface area contributed by atoms with Crippen LogP contribution in [0, 0.1) is 0 Å². The zero-order valence-corrected chi connectivity index (χ0v) is 23.8. The normalized spacial score (nSPS) is 16.3. The van der Waals surface area contributed by atoms with Crippen molar-refractivity contribution >= 4 is 45.7 Å². The Bertz CT molecular complexity index is 1760. The molecule has 0 saturated carbocycles. The molecule has 210 valence electrons. The van der Waals surface area contributed by atoms with Crippen LogP contribution < -0.4 is 10.6 Å². The molecule has 42 heavy (non-hydrogen) atoms. The van der Waals surface area contributed by atoms with Crippen molar-refractivity contribution in [2.75, 3.05) is 19.0 Å². The Morgan fingerprint density at radius 2 is 1.74 bits per heavy atom. The van der Waals surface area contributed by atoms with Crippen molar-refractivity contribution in [1.82, 2.24) is 19.8 Å². The van der Waals surface area contributed by atoms with Crippen LogP contribution in [0.1, 0.15) is 40.3 Å². The molecule has 3 heterocycles. The first-order valence-corrected chi connectivity index (χ1v) is 14.1. The Hall–Kier alpha value is -5.02. The first-order valence-electron chi connectivity index (χ1n) is 13.7. The number of para-hydroxylation sites is 1. The molecule has 1 amide bonds. The fraction of sp³-hybridized carbons (Fsp3) is 0.152. The summed E-state index contributed by atoms with van der Waals surface area (Å²) in [5.41, 5.74) is 3.62. The lowest BCUT2D eigenvalue weighted by atomic mass is 10.0. The van der Waals surface area contributed by atoms with Crippen molar-refractivity contribution in [3.8, 4) is 5.69 Å². The van der Waals surface area contributed by atoms with E-state index in [1.807, 2.05) is 107 Å². The third-order valence-electron chi connectivity index (χ3n) is 7.49. The number of nitrogens with zero attached hydrogens (tertiary/aromatic N) is 3. The van der Waals surface area contributed by atoms with Crippen LogP contribution in [0.15, 0.2) is 109 Å². The van der Waals surface area contributed by atoms with E-state index < -0.39 is 5.97 Å². The highest BCUT2D eigenvalue weighted by Gasteiger charge is 2.41. The van der Waals surface area contributed by atoms with Gasteiger partial charge >= 0.3 is 5.97 Å². The molecule has 3 aromatic carbocycles. The highest BCUT2D eigenvalue weighted by Crippen LogP contribution is 2.40. The van der Waals surface area contributed by atoms with Gasteiger partial charge in [-0.3, -0.25) is 9.78 Å². The van der Waals surface area contributed by atoms with E-state index in [4.69, 9.17) is 17.0 Å². The molecule has 5 aromatic rings. The maximum Gasteiger partial charge on any atom is 0.339 e. The molecule has 1 aliphatic heterocycles. The standard InChI is InChI=1S/C33H29N5O3S/c1-41-32(40)24-13-4-5-16-27(24)37-20-9-17-28(37)31-30(26-14-6-7-19-34-26)36-33(42)38(31)21-18-29(39)35-25-15-8-11-22-10-2-3-12-23(22)25/h2-17,19-20,30-31H,18,21H2,1H3,(H,35,39)(H,36,42)/t30-,31-/m1/s1. The van der Waals surface area contributed by atoms with Gasteiger partial charge in [0.1, 0.15) is 0 Å². The van der Waals surface area contributed by atoms with Crippen molar-refractivity contribution in [2.24, 2.45) is 0 Å². The summed E-state index contributed by atoms with van der Waals surface area (Å²) >= 11 is 5.83. The van der Waals surface area contributed by atoms with Crippen LogP contribution >= 0.6 is 12.2 Å². The number of thiocarbonyl (C=S) groups is 1. The number of fused-ring (bicyclic) bond motifs is 1. The van der Waals surface area contributed by atoms with E-state index in [1.165, 1.54) is 7.11 Å². The monoisotopic (exact) mass is 575 g/mol. The largest absolute Gasteiger partial charge is 0.465 e. The molecule has 0 spiro atoms. The number of hydrogen-bond acceptors (Lipinski definition) is 5. The summed E-state index contributed by atoms with van der Waals surface area (Å²) in [6.45, 7) is 0.375. The van der Waals surface area contributed by atoms with Crippen LogP contribution in [0.5, 0.6) is 0 Å². The number of esters is 1. The van der Waals surface area contributed by atoms with Crippen molar-refractivity contribution in [2.45, 2.75) is 18.5 Å². The summed E-state index contributed by atoms with van der Waals surface area (Å²) < 4.78 is 7.04. The van der Waals surface area contributed by atoms with E-state index >= 15 is 0 Å². The SMILES string of the molecule is COC(=O)c1ccccc1-n1cccc1[C@@H]1[C@@H](c2ccccn2)NC(=S)N1CCC(=O)Nc1cccc2ccccc12. The van der Waals surface area contributed by atoms with Crippen LogP contribution in [0.4, 0.5) is 5.69 Å². The van der Waals surface area contributed by atoms with Gasteiger partial charge in [-0.2, -0.15) is 0 Å². The number of aromatic nitrogens is 2. The number of benzene rings is 3. The van der Waals surface area contributed by atoms with E-state index in [2.05, 4.69) is 15.6 Å². The van der Waals surface area contributed by atoms with Crippen LogP contribution in [0.25, 0.3) is 16.5 Å². The predicted octanol–water partition coefficient (Wildman–Crippen LogP) is 5.81. The molecule has 0 unspecified atom stereocenters. The Morgan fingerprint density at radius 1 is 0.952 bits per heavy atom. The molecule has 0 radical (unpaired) electrons. The average molecular weight is 576 g/mol. The van der Waals surface area contributed by atoms with Gasteiger partial charge in [0, 0.05) is 42.1 Å². The number of ether oxygens (including phenoxy) is 1. The predicted molar refractivity (Wildman–Crippen MR) is 166 cm³/mol. The zero-order chi connectivity index (χ0) is 29.1. The topological polar surface area (TPSA) is 88.5 Å². The Morgan fingerprint density at radius 3 is 2.57 bits per heavy atom. The summed E-state index contributed by atoms with van der Waals surface area (Å²) in [5, 5.41) is 9.10. The number of anilines is 1. The lowest BCUT2D eigenvalue weighted by molar-refractivity contribution is -0.116. The Kier molecular flexibility index (Phi) is 7.66. The number of nitrogens with one attached hydrogen (secondary N) is 2. The average Bonchev–Trinajstić information content (AvgIpc) is 3.64. The van der Waals surface area contributed by atoms with Crippen molar-refractivity contribution < 1.29 is 14.3 Å². The highest BCUT2D eigenvalue weighted by atomic mass is 32.1. The summed E-state index contributed by atoms with van der Waals surface area (Å²) in [6.07, 6.45) is 3.89. The van der Waals surface area contributed by atoms with Gasteiger partial charge in [0.05, 0.1) is 36.1 Å². The molecule has 2 N–H and O–H groups in total. The molecule has 1 aliphatic rings. The van der Waals surface area contributed by atoms with E-state index in [0.29, 0.717) is 22.9 Å². The lowest BCUT2D eigenvalue weighted by Gasteiger charge is -2.29. The molecule has 8 nitrogen and oxygen atoms in total. The van der Waals surface area contributed by atoms with E-state index in [1.54, 1.807) is 12.3 Å². The smallest absolute Gasteiger partial charge is 0.339 e. The molecule has 1 saturated heterocycles. The second kappa shape index (κ2) is 11.8. The van der Waals surface area contributed by atoms with Crippen LogP contribution in [0.2, 0.25) is 0 Å². The number of amides is 1. The first-order chi connectivity index (χ1) is 20.5. The second-order valence-corrected chi connectivity index (χ2v) is 10.3. The molecule has 2 atom stereocenters. The molecule has 1 fully saturated rings. The number of pyridine rings is 1. The Balaban J connectivity index is 1.32. The number of carbonyl (C=O) groups is 2. The third-order valence-corrected chi connectivity index (χ3v) is 7.85. The molecular formula is C33H29N5O3S. The van der Waals surface area contributed by atoms with Crippen molar-refractivity contribution in [3.05, 3.63) is 126 Å². The minimum Gasteiger partial charge on any atom is -0.465 e. The summed E-state index contributed by atoms with van der Waals surface area (Å²) in [7, 11) is 1.37. The molecule has 0 aliphatic carbocycles. The fourth-order valence-corrected chi connectivity index (χ4v) is 5.89. The van der Waals surface area contributed by atoms with Gasteiger partial charge in [0.25, 0.3) is 0 Å². The molecule has 2 aromatic heterocycles. The Labute approximate surface area is 248 Å². The number of rotatable bonds is 8. The van der Waals surface area contributed by atoms with E-state index in [-0.39, 0.29) is 24.4 Å². The van der Waals surface area contributed by atoms with Crippen LogP contribution in [-0.2, 0) is 9.53 Å². The molecular weight excluding hydrogens is 546 g/mol. The fourth-order valence-electron chi connectivity index (χ4n) is 5.56. The summed E-state index contributed by atoms with van der Waals surface area (Å²) in [5.74, 6) is -0.533. The number of hydrogen-bond donors (Lipinski definition) is 2. The van der Waals surface area contributed by atoms with Gasteiger partial charge in [0.15, 0.2) is 5.11 Å². The van der Waals surface area contributed by atoms with E-state index in [0.717, 1.165) is 27.8 Å². The van der Waals surface area contributed by atoms with Gasteiger partial charge in [0.2, 0.25) is 5.91 Å². The molecule has 6 rings (SSSR count). The zero-order valence-electron chi connectivity index (χ0n) is 22.9. The molecule has 0 bridgehead atoms. The quantitative estimate of drug-likeness (QED) is 0.178. The van der Waals surface area contributed by atoms with Crippen molar-refractivity contribution in [3.63, 3.8) is 0 Å².